The Morgan fingerprint density at radius 1 is 1.17 bits per heavy atom. The topological polar surface area (TPSA) is 57.6 Å². The van der Waals surface area contributed by atoms with Crippen molar-refractivity contribution in [3.05, 3.63) is 63.2 Å². The van der Waals surface area contributed by atoms with E-state index >= 15 is 0 Å². The quantitative estimate of drug-likeness (QED) is 0.610. The number of carbonyl (C=O) groups excluding carboxylic acids is 2. The summed E-state index contributed by atoms with van der Waals surface area (Å²) in [6.45, 7) is 2.30. The van der Waals surface area contributed by atoms with E-state index in [4.69, 9.17) is 0 Å². The molecule has 4 nitrogen and oxygen atoms in total. The summed E-state index contributed by atoms with van der Waals surface area (Å²) in [5, 5.41) is 11.0. The Morgan fingerprint density at radius 2 is 1.83 bits per heavy atom. The van der Waals surface area contributed by atoms with Gasteiger partial charge in [-0.2, -0.15) is 0 Å². The van der Waals surface area contributed by atoms with Gasteiger partial charge in [0, 0.05) is 21.2 Å². The zero-order valence-electron chi connectivity index (χ0n) is 12.6. The van der Waals surface area contributed by atoms with E-state index in [2.05, 4.69) is 22.6 Å². The molecule has 1 atom stereocenters. The van der Waals surface area contributed by atoms with Crippen molar-refractivity contribution in [3.63, 3.8) is 0 Å². The fraction of sp³-hybridized carbons (Fsp3) is 0.222. The lowest BCUT2D eigenvalue weighted by Gasteiger charge is -2.22. The molecule has 2 aromatic rings. The number of aliphatic hydroxyl groups is 1. The van der Waals surface area contributed by atoms with Crippen LogP contribution in [-0.2, 0) is 10.4 Å². The average molecular weight is 421 g/mol. The van der Waals surface area contributed by atoms with E-state index < -0.39 is 11.5 Å². The van der Waals surface area contributed by atoms with Gasteiger partial charge in [0.05, 0.1) is 12.1 Å². The normalized spacial score (nSPS) is 19.8. The smallest absolute Gasteiger partial charge is 0.264 e. The number of carbonyl (C=O) groups is 2. The van der Waals surface area contributed by atoms with Crippen molar-refractivity contribution >= 4 is 40.0 Å². The van der Waals surface area contributed by atoms with E-state index in [0.717, 1.165) is 3.57 Å². The molecule has 3 rings (SSSR count). The molecule has 23 heavy (non-hydrogen) atoms. The Hall–Kier alpha value is -1.73. The molecule has 1 aliphatic heterocycles. The summed E-state index contributed by atoms with van der Waals surface area (Å²) in [6, 6.07) is 14.2. The van der Waals surface area contributed by atoms with Gasteiger partial charge in [0.15, 0.2) is 11.4 Å². The average Bonchev–Trinajstić information content (AvgIpc) is 2.76. The molecule has 0 aliphatic carbocycles. The zero-order valence-corrected chi connectivity index (χ0v) is 14.8. The number of rotatable bonds is 4. The number of likely N-dealkylation sites (N-methyl/N-ethyl adjacent to an activating group) is 1. The van der Waals surface area contributed by atoms with Crippen molar-refractivity contribution in [1.29, 1.82) is 0 Å². The van der Waals surface area contributed by atoms with Crippen LogP contribution in [0.25, 0.3) is 0 Å². The highest BCUT2D eigenvalue weighted by Crippen LogP contribution is 2.42. The standard InChI is InChI=1S/C18H16INO3/c1-2-20-15-6-4-3-5-14(15)18(23,17(20)22)11-16(21)12-7-9-13(19)10-8-12/h3-10,23H,2,11H2,1H3. The van der Waals surface area contributed by atoms with Crippen LogP contribution in [-0.4, -0.2) is 23.3 Å². The molecule has 1 aliphatic rings. The molecule has 1 N–H and O–H groups in total. The molecular formula is C18H16INO3. The predicted molar refractivity (Wildman–Crippen MR) is 96.5 cm³/mol. The molecule has 0 saturated heterocycles. The van der Waals surface area contributed by atoms with Crippen LogP contribution >= 0.6 is 22.6 Å². The maximum absolute atomic E-state index is 12.7. The second kappa shape index (κ2) is 6.05. The van der Waals surface area contributed by atoms with Gasteiger partial charge in [-0.05, 0) is 47.7 Å². The molecule has 5 heteroatoms. The first-order chi connectivity index (χ1) is 11.0. The molecule has 1 heterocycles. The highest BCUT2D eigenvalue weighted by molar-refractivity contribution is 14.1. The first-order valence-electron chi connectivity index (χ1n) is 7.40. The van der Waals surface area contributed by atoms with Crippen molar-refractivity contribution < 1.29 is 14.7 Å². The van der Waals surface area contributed by atoms with Crippen LogP contribution in [0.1, 0.15) is 29.3 Å². The Bertz CT molecular complexity index is 772. The number of amides is 1. The van der Waals surface area contributed by atoms with Gasteiger partial charge in [-0.15, -0.1) is 0 Å². The van der Waals surface area contributed by atoms with Crippen LogP contribution in [0.2, 0.25) is 0 Å². The molecule has 0 saturated carbocycles. The summed E-state index contributed by atoms with van der Waals surface area (Å²) in [6.07, 6.45) is -0.250. The second-order valence-corrected chi connectivity index (χ2v) is 6.78. The lowest BCUT2D eigenvalue weighted by molar-refractivity contribution is -0.135. The minimum atomic E-state index is -1.79. The number of hydrogen-bond donors (Lipinski definition) is 1. The number of nitrogens with zero attached hydrogens (tertiary/aromatic N) is 1. The predicted octanol–water partition coefficient (Wildman–Crippen LogP) is 3.12. The molecule has 2 aromatic carbocycles. The summed E-state index contributed by atoms with van der Waals surface area (Å²) < 4.78 is 1.03. The largest absolute Gasteiger partial charge is 0.375 e. The van der Waals surface area contributed by atoms with Crippen molar-refractivity contribution in [3.8, 4) is 0 Å². The Kier molecular flexibility index (Phi) is 4.25. The summed E-state index contributed by atoms with van der Waals surface area (Å²) >= 11 is 2.16. The molecule has 0 fully saturated rings. The first kappa shape index (κ1) is 16.1. The van der Waals surface area contributed by atoms with E-state index in [1.54, 1.807) is 30.3 Å². The molecule has 1 amide bonds. The Balaban J connectivity index is 1.96. The van der Waals surface area contributed by atoms with Gasteiger partial charge in [0.1, 0.15) is 0 Å². The first-order valence-corrected chi connectivity index (χ1v) is 8.48. The van der Waals surface area contributed by atoms with Crippen molar-refractivity contribution in [2.45, 2.75) is 18.9 Å². The molecule has 1 unspecified atom stereocenters. The Labute approximate surface area is 148 Å². The number of Topliss-reactive ketones (excluding diaryl/α,β-unsaturated/α-hetero) is 1. The third-order valence-corrected chi connectivity index (χ3v) is 4.86. The number of halogens is 1. The van der Waals surface area contributed by atoms with Crippen LogP contribution in [0.15, 0.2) is 48.5 Å². The minimum absolute atomic E-state index is 0.245. The zero-order chi connectivity index (χ0) is 16.6. The van der Waals surface area contributed by atoms with E-state index in [1.165, 1.54) is 4.90 Å². The van der Waals surface area contributed by atoms with Gasteiger partial charge >= 0.3 is 0 Å². The summed E-state index contributed by atoms with van der Waals surface area (Å²) in [7, 11) is 0. The van der Waals surface area contributed by atoms with Crippen LogP contribution < -0.4 is 4.90 Å². The molecule has 0 bridgehead atoms. The fourth-order valence-corrected chi connectivity index (χ4v) is 3.32. The third kappa shape index (κ3) is 2.68. The maximum atomic E-state index is 12.7. The minimum Gasteiger partial charge on any atom is -0.375 e. The van der Waals surface area contributed by atoms with Gasteiger partial charge in [0.2, 0.25) is 0 Å². The number of ketones is 1. The second-order valence-electron chi connectivity index (χ2n) is 5.53. The summed E-state index contributed by atoms with van der Waals surface area (Å²) in [5.74, 6) is -0.676. The molecule has 0 radical (unpaired) electrons. The highest BCUT2D eigenvalue weighted by Gasteiger charge is 2.50. The van der Waals surface area contributed by atoms with Crippen molar-refractivity contribution in [2.24, 2.45) is 0 Å². The summed E-state index contributed by atoms with van der Waals surface area (Å²) in [4.78, 5) is 26.7. The van der Waals surface area contributed by atoms with Gasteiger partial charge in [-0.25, -0.2) is 0 Å². The van der Waals surface area contributed by atoms with Gasteiger partial charge in [0.25, 0.3) is 5.91 Å². The SMILES string of the molecule is CCN1C(=O)C(O)(CC(=O)c2ccc(I)cc2)c2ccccc21. The number of anilines is 1. The maximum Gasteiger partial charge on any atom is 0.264 e. The fourth-order valence-electron chi connectivity index (χ4n) is 2.96. The third-order valence-electron chi connectivity index (χ3n) is 4.14. The van der Waals surface area contributed by atoms with E-state index in [-0.39, 0.29) is 12.2 Å². The highest BCUT2D eigenvalue weighted by atomic mass is 127. The van der Waals surface area contributed by atoms with Crippen LogP contribution in [0.5, 0.6) is 0 Å². The number of benzene rings is 2. The van der Waals surface area contributed by atoms with Gasteiger partial charge < -0.3 is 10.0 Å². The van der Waals surface area contributed by atoms with E-state index in [0.29, 0.717) is 23.4 Å². The van der Waals surface area contributed by atoms with Gasteiger partial charge in [-0.1, -0.05) is 30.3 Å². The monoisotopic (exact) mass is 421 g/mol. The van der Waals surface area contributed by atoms with Crippen LogP contribution in [0, 0.1) is 3.57 Å². The van der Waals surface area contributed by atoms with Crippen molar-refractivity contribution in [1.82, 2.24) is 0 Å². The van der Waals surface area contributed by atoms with Gasteiger partial charge in [-0.3, -0.25) is 9.59 Å². The lowest BCUT2D eigenvalue weighted by atomic mass is 9.88. The molecule has 0 aromatic heterocycles. The van der Waals surface area contributed by atoms with Crippen molar-refractivity contribution in [2.75, 3.05) is 11.4 Å². The van der Waals surface area contributed by atoms with E-state index in [9.17, 15) is 14.7 Å². The van der Waals surface area contributed by atoms with Crippen LogP contribution in [0.3, 0.4) is 0 Å². The van der Waals surface area contributed by atoms with Crippen LogP contribution in [0.4, 0.5) is 5.69 Å². The molecule has 118 valence electrons. The molecule has 0 spiro atoms. The number of fused-ring (bicyclic) bond motifs is 1. The molecular weight excluding hydrogens is 405 g/mol. The lowest BCUT2D eigenvalue weighted by Crippen LogP contribution is -2.41. The van der Waals surface area contributed by atoms with E-state index in [1.807, 2.05) is 25.1 Å². The number of para-hydroxylation sites is 1. The summed E-state index contributed by atoms with van der Waals surface area (Å²) in [5.41, 5.74) is -0.102. The Morgan fingerprint density at radius 3 is 2.48 bits per heavy atom. The number of hydrogen-bond acceptors (Lipinski definition) is 3.